The topological polar surface area (TPSA) is 108 Å². The Morgan fingerprint density at radius 1 is 1.24 bits per heavy atom. The maximum absolute atomic E-state index is 13.3. The largest absolute Gasteiger partial charge is 0.462 e. The number of ether oxygens (including phenoxy) is 1. The van der Waals surface area contributed by atoms with E-state index < -0.39 is 16.8 Å². The van der Waals surface area contributed by atoms with Crippen LogP contribution in [0.2, 0.25) is 0 Å². The molecule has 0 saturated carbocycles. The van der Waals surface area contributed by atoms with E-state index in [1.807, 2.05) is 44.2 Å². The van der Waals surface area contributed by atoms with Crippen molar-refractivity contribution in [2.24, 2.45) is 0 Å². The van der Waals surface area contributed by atoms with E-state index in [0.717, 1.165) is 21.6 Å². The van der Waals surface area contributed by atoms with Crippen LogP contribution in [0.3, 0.4) is 0 Å². The molecule has 0 aliphatic rings. The van der Waals surface area contributed by atoms with Gasteiger partial charge in [-0.05, 0) is 38.3 Å². The molecule has 0 unspecified atom stereocenters. The highest BCUT2D eigenvalue weighted by molar-refractivity contribution is 8.00. The summed E-state index contributed by atoms with van der Waals surface area (Å²) in [6.45, 7) is 8.55. The zero-order valence-corrected chi connectivity index (χ0v) is 20.8. The van der Waals surface area contributed by atoms with Crippen molar-refractivity contribution in [2.75, 3.05) is 19.0 Å². The number of rotatable bonds is 9. The minimum Gasteiger partial charge on any atom is -0.462 e. The minimum atomic E-state index is -0.490. The first-order chi connectivity index (χ1) is 15.8. The Balaban J connectivity index is 1.91. The number of aryl methyl sites for hydroxylation is 1. The molecule has 176 valence electrons. The van der Waals surface area contributed by atoms with Crippen molar-refractivity contribution in [3.05, 3.63) is 56.7 Å². The summed E-state index contributed by atoms with van der Waals surface area (Å²) in [7, 11) is 0. The highest BCUT2D eigenvalue weighted by Crippen LogP contribution is 2.31. The SMILES string of the molecule is CCOC(=O)c1sc2nc(S[C@H](CC)C(=O)N(CC)Cc3ccccc3)n(N)c(=O)c2c1C. The Morgan fingerprint density at radius 3 is 2.55 bits per heavy atom. The van der Waals surface area contributed by atoms with Crippen molar-refractivity contribution in [1.82, 2.24) is 14.6 Å². The molecule has 33 heavy (non-hydrogen) atoms. The molecule has 2 heterocycles. The Morgan fingerprint density at radius 2 is 1.94 bits per heavy atom. The molecule has 0 radical (unpaired) electrons. The third kappa shape index (κ3) is 5.22. The number of carbonyl (C=O) groups excluding carboxylic acids is 2. The first-order valence-corrected chi connectivity index (χ1v) is 12.5. The van der Waals surface area contributed by atoms with E-state index in [1.165, 1.54) is 11.8 Å². The molecule has 0 saturated heterocycles. The van der Waals surface area contributed by atoms with Crippen molar-refractivity contribution >= 4 is 45.2 Å². The van der Waals surface area contributed by atoms with Gasteiger partial charge in [-0.2, -0.15) is 0 Å². The fourth-order valence-corrected chi connectivity index (χ4v) is 5.57. The monoisotopic (exact) mass is 488 g/mol. The zero-order chi connectivity index (χ0) is 24.1. The Kier molecular flexibility index (Phi) is 8.15. The van der Waals surface area contributed by atoms with Gasteiger partial charge in [-0.1, -0.05) is 49.0 Å². The van der Waals surface area contributed by atoms with E-state index in [-0.39, 0.29) is 17.7 Å². The fourth-order valence-electron chi connectivity index (χ4n) is 3.44. The summed E-state index contributed by atoms with van der Waals surface area (Å²) in [5.74, 6) is 5.55. The van der Waals surface area contributed by atoms with Crippen LogP contribution in [0.4, 0.5) is 0 Å². The van der Waals surface area contributed by atoms with Crippen LogP contribution in [-0.2, 0) is 16.1 Å². The van der Waals surface area contributed by atoms with Crippen LogP contribution in [-0.4, -0.2) is 44.8 Å². The van der Waals surface area contributed by atoms with Gasteiger partial charge in [-0.15, -0.1) is 11.3 Å². The molecule has 10 heteroatoms. The van der Waals surface area contributed by atoms with Crippen LogP contribution >= 0.6 is 23.1 Å². The van der Waals surface area contributed by atoms with Crippen molar-refractivity contribution in [3.63, 3.8) is 0 Å². The lowest BCUT2D eigenvalue weighted by molar-refractivity contribution is -0.131. The molecule has 1 amide bonds. The second-order valence-corrected chi connectivity index (χ2v) is 9.55. The van der Waals surface area contributed by atoms with E-state index in [1.54, 1.807) is 18.7 Å². The predicted octanol–water partition coefficient (Wildman–Crippen LogP) is 3.58. The minimum absolute atomic E-state index is 0.0437. The number of nitrogens with zero attached hydrogens (tertiary/aromatic N) is 3. The number of nitrogens with two attached hydrogens (primary N) is 1. The Labute approximate surface area is 200 Å². The summed E-state index contributed by atoms with van der Waals surface area (Å²) in [4.78, 5) is 45.6. The molecule has 3 aromatic rings. The summed E-state index contributed by atoms with van der Waals surface area (Å²) < 4.78 is 6.05. The molecule has 3 rings (SSSR count). The number of hydrogen-bond donors (Lipinski definition) is 1. The van der Waals surface area contributed by atoms with Gasteiger partial charge in [0.05, 0.1) is 17.2 Å². The van der Waals surface area contributed by atoms with Crippen LogP contribution < -0.4 is 11.4 Å². The van der Waals surface area contributed by atoms with Crippen molar-refractivity contribution in [2.45, 2.75) is 51.1 Å². The number of amides is 1. The maximum Gasteiger partial charge on any atom is 0.348 e. The lowest BCUT2D eigenvalue weighted by Gasteiger charge is -2.25. The maximum atomic E-state index is 13.3. The second kappa shape index (κ2) is 10.8. The summed E-state index contributed by atoms with van der Waals surface area (Å²) in [5, 5.41) is 0.0760. The lowest BCUT2D eigenvalue weighted by atomic mass is 10.2. The van der Waals surface area contributed by atoms with Gasteiger partial charge in [0.1, 0.15) is 9.71 Å². The molecule has 0 aliphatic carbocycles. The highest BCUT2D eigenvalue weighted by atomic mass is 32.2. The number of carbonyl (C=O) groups is 2. The normalized spacial score (nSPS) is 12.0. The van der Waals surface area contributed by atoms with Gasteiger partial charge in [0.2, 0.25) is 5.91 Å². The van der Waals surface area contributed by atoms with E-state index in [2.05, 4.69) is 4.98 Å². The molecule has 0 bridgehead atoms. The third-order valence-electron chi connectivity index (χ3n) is 5.23. The van der Waals surface area contributed by atoms with Crippen LogP contribution in [0.25, 0.3) is 10.2 Å². The molecule has 8 nitrogen and oxygen atoms in total. The number of nitrogen functional groups attached to an aromatic ring is 1. The van der Waals surface area contributed by atoms with Crippen LogP contribution in [0.1, 0.15) is 48.0 Å². The van der Waals surface area contributed by atoms with Gasteiger partial charge in [0.25, 0.3) is 5.56 Å². The molecular weight excluding hydrogens is 460 g/mol. The van der Waals surface area contributed by atoms with Crippen molar-refractivity contribution < 1.29 is 14.3 Å². The van der Waals surface area contributed by atoms with E-state index in [4.69, 9.17) is 10.6 Å². The van der Waals surface area contributed by atoms with Gasteiger partial charge >= 0.3 is 5.97 Å². The molecule has 2 aromatic heterocycles. The number of hydrogen-bond acceptors (Lipinski definition) is 8. The number of aromatic nitrogens is 2. The van der Waals surface area contributed by atoms with Crippen molar-refractivity contribution in [3.8, 4) is 0 Å². The summed E-state index contributed by atoms with van der Waals surface area (Å²) in [6, 6.07) is 9.79. The first-order valence-electron chi connectivity index (χ1n) is 10.8. The quantitative estimate of drug-likeness (QED) is 0.212. The molecule has 2 N–H and O–H groups in total. The van der Waals surface area contributed by atoms with Gasteiger partial charge in [0.15, 0.2) is 5.16 Å². The molecular formula is C23H28N4O4S2. The number of esters is 1. The summed E-state index contributed by atoms with van der Waals surface area (Å²) in [6.07, 6.45) is 0.542. The molecule has 0 spiro atoms. The standard InChI is InChI=1S/C23H28N4O4S2/c1-5-16(20(28)26(6-2)13-15-11-9-8-10-12-15)32-23-25-19-17(21(29)27(23)24)14(4)18(33-19)22(30)31-7-3/h8-12,16H,5-7,13,24H2,1-4H3/t16-/m1/s1. The van der Waals surface area contributed by atoms with E-state index in [9.17, 15) is 14.4 Å². The second-order valence-electron chi connectivity index (χ2n) is 7.38. The number of benzene rings is 1. The number of fused-ring (bicyclic) bond motifs is 1. The highest BCUT2D eigenvalue weighted by Gasteiger charge is 2.27. The number of thiophene rings is 1. The average Bonchev–Trinajstić information content (AvgIpc) is 3.15. The first kappa shape index (κ1) is 24.8. The van der Waals surface area contributed by atoms with E-state index >= 15 is 0 Å². The van der Waals surface area contributed by atoms with Crippen LogP contribution in [0.15, 0.2) is 40.3 Å². The third-order valence-corrected chi connectivity index (χ3v) is 7.71. The summed E-state index contributed by atoms with van der Waals surface area (Å²) in [5.41, 5.74) is 1.10. The fraction of sp³-hybridized carbons (Fsp3) is 0.391. The predicted molar refractivity (Wildman–Crippen MR) is 132 cm³/mol. The van der Waals surface area contributed by atoms with Gasteiger partial charge in [-0.3, -0.25) is 9.59 Å². The van der Waals surface area contributed by atoms with Crippen LogP contribution in [0.5, 0.6) is 0 Å². The Bertz CT molecular complexity index is 1210. The van der Waals surface area contributed by atoms with Crippen molar-refractivity contribution in [1.29, 1.82) is 0 Å². The zero-order valence-electron chi connectivity index (χ0n) is 19.2. The van der Waals surface area contributed by atoms with Gasteiger partial charge in [0, 0.05) is 13.1 Å². The molecule has 0 fully saturated rings. The smallest absolute Gasteiger partial charge is 0.348 e. The molecule has 1 aromatic carbocycles. The van der Waals surface area contributed by atoms with Gasteiger partial charge < -0.3 is 15.5 Å². The Hall–Kier alpha value is -2.85. The average molecular weight is 489 g/mol. The van der Waals surface area contributed by atoms with E-state index in [0.29, 0.717) is 40.2 Å². The van der Waals surface area contributed by atoms with Gasteiger partial charge in [-0.25, -0.2) is 14.5 Å². The summed E-state index contributed by atoms with van der Waals surface area (Å²) >= 11 is 2.27. The number of thioether (sulfide) groups is 1. The molecule has 0 aliphatic heterocycles. The van der Waals surface area contributed by atoms with Crippen LogP contribution in [0, 0.1) is 6.92 Å². The molecule has 1 atom stereocenters. The lowest BCUT2D eigenvalue weighted by Crippen LogP contribution is -2.38.